The molecule has 2 amide bonds. The monoisotopic (exact) mass is 451 g/mol. The largest absolute Gasteiger partial charge is 0.486 e. The van der Waals surface area contributed by atoms with Crippen molar-refractivity contribution in [3.8, 4) is 11.5 Å². The molecule has 12 heteroatoms. The molecule has 0 radical (unpaired) electrons. The van der Waals surface area contributed by atoms with Gasteiger partial charge in [0.05, 0.1) is 6.04 Å². The highest BCUT2D eigenvalue weighted by atomic mass is 19.3. The van der Waals surface area contributed by atoms with Crippen LogP contribution in [0.3, 0.4) is 0 Å². The normalized spacial score (nSPS) is 20.3. The van der Waals surface area contributed by atoms with E-state index in [2.05, 4.69) is 20.0 Å². The standard InChI is InChI=1S/C20H20F3N5O4/c21-11-1-2-15(32-19(22)23)16(7-11)31-13-5-10(6-13)18(30)26-12-8-28(9-12)20-25-4-3-14(27-20)17(24)29/h1-4,7,10,12-13,19H,5-6,8-9H2,(H2,24,29)(H,26,30)/t10-,13-. The molecule has 0 unspecified atom stereocenters. The molecule has 170 valence electrons. The number of primary amides is 1. The van der Waals surface area contributed by atoms with Gasteiger partial charge in [-0.25, -0.2) is 14.4 Å². The second kappa shape index (κ2) is 8.89. The van der Waals surface area contributed by atoms with Crippen LogP contribution < -0.4 is 25.4 Å². The molecule has 2 fully saturated rings. The molecule has 0 atom stereocenters. The molecule has 4 rings (SSSR count). The number of nitrogens with zero attached hydrogens (tertiary/aromatic N) is 3. The first-order valence-corrected chi connectivity index (χ1v) is 9.87. The summed E-state index contributed by atoms with van der Waals surface area (Å²) in [6, 6.07) is 4.37. The van der Waals surface area contributed by atoms with Gasteiger partial charge in [-0.2, -0.15) is 8.78 Å². The number of nitrogens with two attached hydrogens (primary N) is 1. The lowest BCUT2D eigenvalue weighted by molar-refractivity contribution is -0.131. The molecule has 9 nitrogen and oxygen atoms in total. The summed E-state index contributed by atoms with van der Waals surface area (Å²) in [6.45, 7) is -2.09. The molecular formula is C20H20F3N5O4. The summed E-state index contributed by atoms with van der Waals surface area (Å²) in [5.41, 5.74) is 5.33. The molecule has 1 aromatic carbocycles. The Morgan fingerprint density at radius 2 is 1.94 bits per heavy atom. The van der Waals surface area contributed by atoms with Crippen molar-refractivity contribution in [2.45, 2.75) is 31.6 Å². The van der Waals surface area contributed by atoms with E-state index in [0.29, 0.717) is 31.9 Å². The van der Waals surface area contributed by atoms with E-state index in [0.717, 1.165) is 18.2 Å². The third kappa shape index (κ3) is 4.84. The number of benzene rings is 1. The van der Waals surface area contributed by atoms with Gasteiger partial charge in [-0.05, 0) is 31.0 Å². The van der Waals surface area contributed by atoms with E-state index < -0.39 is 24.4 Å². The number of ether oxygens (including phenoxy) is 2. The minimum Gasteiger partial charge on any atom is -0.486 e. The molecule has 1 saturated carbocycles. The Morgan fingerprint density at radius 1 is 1.19 bits per heavy atom. The lowest BCUT2D eigenvalue weighted by atomic mass is 9.81. The number of amides is 2. The molecule has 0 bridgehead atoms. The van der Waals surface area contributed by atoms with Crippen LogP contribution in [0.4, 0.5) is 19.1 Å². The molecule has 0 spiro atoms. The topological polar surface area (TPSA) is 120 Å². The van der Waals surface area contributed by atoms with Crippen LogP contribution in [0.15, 0.2) is 30.5 Å². The molecule has 2 aliphatic rings. The molecule has 32 heavy (non-hydrogen) atoms. The highest BCUT2D eigenvalue weighted by Gasteiger charge is 2.39. The highest BCUT2D eigenvalue weighted by molar-refractivity contribution is 5.90. The van der Waals surface area contributed by atoms with Crippen molar-refractivity contribution in [3.05, 3.63) is 42.0 Å². The summed E-state index contributed by atoms with van der Waals surface area (Å²) in [5, 5.41) is 2.92. The molecular weight excluding hydrogens is 431 g/mol. The summed E-state index contributed by atoms with van der Waals surface area (Å²) in [5.74, 6) is -1.75. The van der Waals surface area contributed by atoms with Crippen molar-refractivity contribution < 1.29 is 32.2 Å². The van der Waals surface area contributed by atoms with Crippen molar-refractivity contribution in [1.29, 1.82) is 0 Å². The number of alkyl halides is 2. The van der Waals surface area contributed by atoms with E-state index >= 15 is 0 Å². The third-order valence-corrected chi connectivity index (χ3v) is 5.29. The summed E-state index contributed by atoms with van der Waals surface area (Å²) in [7, 11) is 0. The number of aromatic nitrogens is 2. The second-order valence-corrected chi connectivity index (χ2v) is 7.59. The van der Waals surface area contributed by atoms with Crippen molar-refractivity contribution in [2.75, 3.05) is 18.0 Å². The SMILES string of the molecule is NC(=O)c1ccnc(N2CC(NC(=O)[C@H]3C[C@H](Oc4cc(F)ccc4OC(F)F)C3)C2)n1. The number of halogens is 3. The number of hydrogen-bond donors (Lipinski definition) is 2. The maximum atomic E-state index is 13.4. The Kier molecular flexibility index (Phi) is 6.01. The lowest BCUT2D eigenvalue weighted by Gasteiger charge is -2.41. The van der Waals surface area contributed by atoms with Crippen LogP contribution in [0, 0.1) is 11.7 Å². The van der Waals surface area contributed by atoms with E-state index in [1.165, 1.54) is 12.3 Å². The van der Waals surface area contributed by atoms with Crippen LogP contribution in [-0.4, -0.2) is 53.6 Å². The van der Waals surface area contributed by atoms with Gasteiger partial charge < -0.3 is 25.4 Å². The molecule has 2 aromatic rings. The Labute approximate surface area is 180 Å². The van der Waals surface area contributed by atoms with Gasteiger partial charge >= 0.3 is 6.61 Å². The predicted molar refractivity (Wildman–Crippen MR) is 105 cm³/mol. The van der Waals surface area contributed by atoms with Crippen molar-refractivity contribution in [3.63, 3.8) is 0 Å². The first-order chi connectivity index (χ1) is 15.3. The van der Waals surface area contributed by atoms with E-state index in [4.69, 9.17) is 10.5 Å². The zero-order chi connectivity index (χ0) is 22.8. The number of carbonyl (C=O) groups excluding carboxylic acids is 2. The van der Waals surface area contributed by atoms with Gasteiger partial charge in [0.15, 0.2) is 11.5 Å². The maximum absolute atomic E-state index is 13.4. The Hall–Kier alpha value is -3.57. The Morgan fingerprint density at radius 3 is 2.62 bits per heavy atom. The minimum absolute atomic E-state index is 0.0995. The fourth-order valence-corrected chi connectivity index (χ4v) is 3.51. The first kappa shape index (κ1) is 21.7. The van der Waals surface area contributed by atoms with Crippen LogP contribution in [0.2, 0.25) is 0 Å². The van der Waals surface area contributed by atoms with Crippen molar-refractivity contribution in [2.24, 2.45) is 11.7 Å². The smallest absolute Gasteiger partial charge is 0.387 e. The molecule has 1 saturated heterocycles. The van der Waals surface area contributed by atoms with Crippen LogP contribution in [0.25, 0.3) is 0 Å². The van der Waals surface area contributed by atoms with Crippen LogP contribution >= 0.6 is 0 Å². The van der Waals surface area contributed by atoms with Gasteiger partial charge in [-0.1, -0.05) is 0 Å². The fourth-order valence-electron chi connectivity index (χ4n) is 3.51. The molecule has 1 aromatic heterocycles. The van der Waals surface area contributed by atoms with Gasteiger partial charge in [0.1, 0.15) is 17.6 Å². The van der Waals surface area contributed by atoms with E-state index in [1.807, 2.05) is 0 Å². The molecule has 2 heterocycles. The second-order valence-electron chi connectivity index (χ2n) is 7.59. The number of carbonyl (C=O) groups is 2. The predicted octanol–water partition coefficient (Wildman–Crippen LogP) is 1.48. The summed E-state index contributed by atoms with van der Waals surface area (Å²) < 4.78 is 48.3. The Balaban J connectivity index is 1.23. The number of rotatable bonds is 8. The van der Waals surface area contributed by atoms with E-state index in [1.54, 1.807) is 4.90 Å². The minimum atomic E-state index is -3.06. The van der Waals surface area contributed by atoms with Gasteiger partial charge in [0.25, 0.3) is 5.91 Å². The maximum Gasteiger partial charge on any atom is 0.387 e. The van der Waals surface area contributed by atoms with Gasteiger partial charge in [-0.3, -0.25) is 9.59 Å². The summed E-state index contributed by atoms with van der Waals surface area (Å²) in [6.07, 6.45) is 1.78. The third-order valence-electron chi connectivity index (χ3n) is 5.29. The molecule has 3 N–H and O–H groups in total. The summed E-state index contributed by atoms with van der Waals surface area (Å²) in [4.78, 5) is 33.6. The van der Waals surface area contributed by atoms with E-state index in [9.17, 15) is 22.8 Å². The number of nitrogens with one attached hydrogen (secondary N) is 1. The van der Waals surface area contributed by atoms with Crippen molar-refractivity contribution >= 4 is 17.8 Å². The quantitative estimate of drug-likeness (QED) is 0.624. The average Bonchev–Trinajstić information content (AvgIpc) is 2.68. The number of hydrogen-bond acceptors (Lipinski definition) is 7. The molecule has 1 aliphatic heterocycles. The van der Waals surface area contributed by atoms with Gasteiger partial charge in [0.2, 0.25) is 11.9 Å². The zero-order valence-corrected chi connectivity index (χ0v) is 16.7. The van der Waals surface area contributed by atoms with Crippen LogP contribution in [0.5, 0.6) is 11.5 Å². The summed E-state index contributed by atoms with van der Waals surface area (Å²) >= 11 is 0. The Bertz CT molecular complexity index is 1010. The van der Waals surface area contributed by atoms with Crippen LogP contribution in [-0.2, 0) is 4.79 Å². The fraction of sp³-hybridized carbons (Fsp3) is 0.400. The van der Waals surface area contributed by atoms with Crippen LogP contribution in [0.1, 0.15) is 23.3 Å². The lowest BCUT2D eigenvalue weighted by Crippen LogP contribution is -2.61. The van der Waals surface area contributed by atoms with E-state index in [-0.39, 0.29) is 35.1 Å². The zero-order valence-electron chi connectivity index (χ0n) is 16.7. The van der Waals surface area contributed by atoms with Gasteiger partial charge in [0, 0.05) is 31.3 Å². The number of anilines is 1. The van der Waals surface area contributed by atoms with Crippen molar-refractivity contribution in [1.82, 2.24) is 15.3 Å². The average molecular weight is 451 g/mol. The molecule has 1 aliphatic carbocycles. The van der Waals surface area contributed by atoms with Gasteiger partial charge in [-0.15, -0.1) is 0 Å². The first-order valence-electron chi connectivity index (χ1n) is 9.87. The highest BCUT2D eigenvalue weighted by Crippen LogP contribution is 2.36.